The lowest BCUT2D eigenvalue weighted by atomic mass is 9.90. The monoisotopic (exact) mass is 447 g/mol. The highest BCUT2D eigenvalue weighted by molar-refractivity contribution is 7.99. The van der Waals surface area contributed by atoms with E-state index in [4.69, 9.17) is 19.2 Å². The molecule has 2 saturated heterocycles. The van der Waals surface area contributed by atoms with Crippen molar-refractivity contribution in [1.82, 2.24) is 9.88 Å². The zero-order valence-electron chi connectivity index (χ0n) is 18.4. The van der Waals surface area contributed by atoms with E-state index in [1.807, 2.05) is 43.1 Å². The van der Waals surface area contributed by atoms with Gasteiger partial charge in [-0.15, -0.1) is 0 Å². The lowest BCUT2D eigenvalue weighted by molar-refractivity contribution is 0.0721. The molecule has 0 saturated carbocycles. The number of carbonyl (C=O) groups is 1. The Kier molecular flexibility index (Phi) is 7.72. The highest BCUT2D eigenvalue weighted by Gasteiger charge is 2.41. The average Bonchev–Trinajstić information content (AvgIpc) is 3.22. The van der Waals surface area contributed by atoms with E-state index in [2.05, 4.69) is 4.98 Å². The van der Waals surface area contributed by atoms with E-state index in [1.54, 1.807) is 11.8 Å². The number of hydrogen-bond acceptors (Lipinski definition) is 7. The van der Waals surface area contributed by atoms with Gasteiger partial charge in [-0.2, -0.15) is 0 Å². The summed E-state index contributed by atoms with van der Waals surface area (Å²) in [5.74, 6) is 1.96. The van der Waals surface area contributed by atoms with Gasteiger partial charge in [0.05, 0.1) is 11.6 Å². The van der Waals surface area contributed by atoms with E-state index in [0.717, 1.165) is 49.8 Å². The molecular weight excluding hydrogens is 414 g/mol. The number of amides is 1. The van der Waals surface area contributed by atoms with Gasteiger partial charge in [0.25, 0.3) is 0 Å². The molecule has 1 aromatic heterocycles. The van der Waals surface area contributed by atoms with Crippen molar-refractivity contribution in [2.24, 2.45) is 22.7 Å². The Hall–Kier alpha value is -1.80. The van der Waals surface area contributed by atoms with Gasteiger partial charge in [0, 0.05) is 38.4 Å². The first kappa shape index (κ1) is 22.4. The first-order valence-corrected chi connectivity index (χ1v) is 12.3. The molecular formula is C23H33N3O4S. The first-order chi connectivity index (χ1) is 15.1. The molecule has 0 spiro atoms. The average molecular weight is 448 g/mol. The van der Waals surface area contributed by atoms with Crippen LogP contribution in [0.25, 0.3) is 0 Å². The molecule has 1 amide bonds. The molecule has 3 aliphatic rings. The van der Waals surface area contributed by atoms with Crippen LogP contribution in [0.2, 0.25) is 0 Å². The van der Waals surface area contributed by atoms with Crippen LogP contribution in [-0.4, -0.2) is 66.3 Å². The second-order valence-corrected chi connectivity index (χ2v) is 10.0. The van der Waals surface area contributed by atoms with Gasteiger partial charge >= 0.3 is 6.09 Å². The van der Waals surface area contributed by atoms with Gasteiger partial charge < -0.3 is 19.1 Å². The van der Waals surface area contributed by atoms with Crippen LogP contribution in [0.15, 0.2) is 34.4 Å². The third-order valence-electron chi connectivity index (χ3n) is 6.06. The Morgan fingerprint density at radius 1 is 1.23 bits per heavy atom. The number of aliphatic imine (C=N–C) groups is 1. The number of piperidine rings is 1. The summed E-state index contributed by atoms with van der Waals surface area (Å²) in [7, 11) is 0. The van der Waals surface area contributed by atoms with Crippen molar-refractivity contribution in [2.75, 3.05) is 32.9 Å². The summed E-state index contributed by atoms with van der Waals surface area (Å²) in [5, 5.41) is 0.954. The number of hydrogen-bond donors (Lipinski definition) is 0. The molecule has 8 heteroatoms. The van der Waals surface area contributed by atoms with Gasteiger partial charge in [0.1, 0.15) is 6.04 Å². The van der Waals surface area contributed by atoms with Gasteiger partial charge in [-0.1, -0.05) is 31.7 Å². The molecule has 4 rings (SSSR count). The van der Waals surface area contributed by atoms with E-state index in [-0.39, 0.29) is 17.6 Å². The summed E-state index contributed by atoms with van der Waals surface area (Å²) in [4.78, 5) is 23.7. The van der Waals surface area contributed by atoms with Crippen molar-refractivity contribution >= 4 is 23.8 Å². The van der Waals surface area contributed by atoms with Crippen LogP contribution in [0.1, 0.15) is 39.5 Å². The van der Waals surface area contributed by atoms with Crippen LogP contribution in [0.3, 0.4) is 0 Å². The van der Waals surface area contributed by atoms with Crippen molar-refractivity contribution < 1.29 is 19.0 Å². The standard InChI is InChI=1S/C23H33N3O4S/c1-16(2)15-29-23(27)26-11-6-17(7-12-26)20-22(31-19-5-3-4-10-24-19)30-21(25-20)18-8-13-28-14-9-18/h3-5,10,16-18,20,22H,6-9,11-15H2,1-2H3. The van der Waals surface area contributed by atoms with Gasteiger partial charge in [-0.05, 0) is 49.7 Å². The number of thioether (sulfide) groups is 1. The number of pyridine rings is 1. The zero-order valence-corrected chi connectivity index (χ0v) is 19.3. The molecule has 3 aliphatic heterocycles. The maximum Gasteiger partial charge on any atom is 0.409 e. The minimum atomic E-state index is -0.194. The first-order valence-electron chi connectivity index (χ1n) is 11.4. The van der Waals surface area contributed by atoms with Crippen LogP contribution in [-0.2, 0) is 14.2 Å². The molecule has 4 heterocycles. The topological polar surface area (TPSA) is 73.2 Å². The minimum absolute atomic E-state index is 0.0720. The Bertz CT molecular complexity index is 746. The predicted octanol–water partition coefficient (Wildman–Crippen LogP) is 4.23. The fourth-order valence-electron chi connectivity index (χ4n) is 4.28. The largest absolute Gasteiger partial charge is 0.464 e. The molecule has 170 valence electrons. The third kappa shape index (κ3) is 5.92. The second-order valence-electron chi connectivity index (χ2n) is 8.91. The van der Waals surface area contributed by atoms with Crippen LogP contribution in [0.5, 0.6) is 0 Å². The van der Waals surface area contributed by atoms with Crippen molar-refractivity contribution in [3.05, 3.63) is 24.4 Å². The normalized spacial score (nSPS) is 25.4. The minimum Gasteiger partial charge on any atom is -0.464 e. The molecule has 0 aromatic carbocycles. The maximum atomic E-state index is 12.3. The molecule has 0 radical (unpaired) electrons. The van der Waals surface area contributed by atoms with E-state index in [9.17, 15) is 4.79 Å². The lowest BCUT2D eigenvalue weighted by Crippen LogP contribution is -2.42. The van der Waals surface area contributed by atoms with Crippen molar-refractivity contribution in [1.29, 1.82) is 0 Å². The molecule has 31 heavy (non-hydrogen) atoms. The lowest BCUT2D eigenvalue weighted by Gasteiger charge is -2.34. The number of nitrogens with zero attached hydrogens (tertiary/aromatic N) is 3. The third-order valence-corrected chi connectivity index (χ3v) is 7.15. The summed E-state index contributed by atoms with van der Waals surface area (Å²) in [6, 6.07) is 6.03. The summed E-state index contributed by atoms with van der Waals surface area (Å²) in [5.41, 5.74) is -0.0720. The number of aromatic nitrogens is 1. The molecule has 2 fully saturated rings. The van der Waals surface area contributed by atoms with Crippen LogP contribution in [0.4, 0.5) is 4.79 Å². The molecule has 1 aromatic rings. The molecule has 7 nitrogen and oxygen atoms in total. The fraction of sp³-hybridized carbons (Fsp3) is 0.696. The van der Waals surface area contributed by atoms with E-state index in [0.29, 0.717) is 37.5 Å². The van der Waals surface area contributed by atoms with Crippen molar-refractivity contribution in [3.63, 3.8) is 0 Å². The highest BCUT2D eigenvalue weighted by Crippen LogP contribution is 2.39. The molecule has 2 atom stereocenters. The Morgan fingerprint density at radius 2 is 2.00 bits per heavy atom. The van der Waals surface area contributed by atoms with Crippen molar-refractivity contribution in [3.8, 4) is 0 Å². The number of ether oxygens (including phenoxy) is 3. The SMILES string of the molecule is CC(C)COC(=O)N1CCC(C2N=C(C3CCOCC3)OC2Sc2ccccn2)CC1. The molecule has 2 unspecified atom stereocenters. The summed E-state index contributed by atoms with van der Waals surface area (Å²) in [6.45, 7) is 7.53. The van der Waals surface area contributed by atoms with Crippen LogP contribution in [0, 0.1) is 17.8 Å². The zero-order chi connectivity index (χ0) is 21.6. The van der Waals surface area contributed by atoms with Gasteiger partial charge in [0.15, 0.2) is 11.3 Å². The maximum absolute atomic E-state index is 12.3. The fourth-order valence-corrected chi connectivity index (χ4v) is 5.37. The Morgan fingerprint density at radius 3 is 2.68 bits per heavy atom. The molecule has 0 aliphatic carbocycles. The predicted molar refractivity (Wildman–Crippen MR) is 120 cm³/mol. The van der Waals surface area contributed by atoms with E-state index >= 15 is 0 Å². The Labute approximate surface area is 188 Å². The number of likely N-dealkylation sites (tertiary alicyclic amines) is 1. The second kappa shape index (κ2) is 10.7. The summed E-state index contributed by atoms with van der Waals surface area (Å²) >= 11 is 1.65. The highest BCUT2D eigenvalue weighted by atomic mass is 32.2. The summed E-state index contributed by atoms with van der Waals surface area (Å²) in [6.07, 6.45) is 5.37. The van der Waals surface area contributed by atoms with Crippen molar-refractivity contribution in [2.45, 2.75) is 56.0 Å². The number of carbonyl (C=O) groups excluding carboxylic acids is 1. The van der Waals surface area contributed by atoms with Crippen LogP contribution < -0.4 is 0 Å². The van der Waals surface area contributed by atoms with Crippen LogP contribution >= 0.6 is 11.8 Å². The van der Waals surface area contributed by atoms with Gasteiger partial charge in [-0.3, -0.25) is 0 Å². The smallest absolute Gasteiger partial charge is 0.409 e. The van der Waals surface area contributed by atoms with E-state index < -0.39 is 0 Å². The van der Waals surface area contributed by atoms with Gasteiger partial charge in [-0.25, -0.2) is 14.8 Å². The number of rotatable bonds is 6. The molecule has 0 bridgehead atoms. The van der Waals surface area contributed by atoms with Gasteiger partial charge in [0.2, 0.25) is 0 Å². The Balaban J connectivity index is 1.40. The molecule has 0 N–H and O–H groups in total. The van der Waals surface area contributed by atoms with E-state index in [1.165, 1.54) is 0 Å². The quantitative estimate of drug-likeness (QED) is 0.650. The summed E-state index contributed by atoms with van der Waals surface area (Å²) < 4.78 is 17.4.